The van der Waals surface area contributed by atoms with Gasteiger partial charge in [-0.2, -0.15) is 4.98 Å². The number of aryl methyl sites for hydroxylation is 1. The van der Waals surface area contributed by atoms with Crippen molar-refractivity contribution in [1.29, 1.82) is 0 Å². The van der Waals surface area contributed by atoms with E-state index < -0.39 is 0 Å². The van der Waals surface area contributed by atoms with Gasteiger partial charge in [-0.05, 0) is 24.1 Å². The monoisotopic (exact) mass is 457 g/mol. The molecule has 0 aliphatic carbocycles. The first-order valence-electron chi connectivity index (χ1n) is 11.9. The summed E-state index contributed by atoms with van der Waals surface area (Å²) in [6.45, 7) is 6.84. The number of anilines is 2. The summed E-state index contributed by atoms with van der Waals surface area (Å²) in [7, 11) is 2.04. The summed E-state index contributed by atoms with van der Waals surface area (Å²) in [6.07, 6.45) is 0.721. The minimum atomic E-state index is 0.0712. The Labute approximate surface area is 201 Å². The highest BCUT2D eigenvalue weighted by Gasteiger charge is 2.29. The molecule has 7 nitrogen and oxygen atoms in total. The number of nitrogens with zero attached hydrogens (tertiary/aromatic N) is 5. The van der Waals surface area contributed by atoms with E-state index in [4.69, 9.17) is 14.7 Å². The molecule has 5 rings (SSSR count). The third-order valence-corrected chi connectivity index (χ3v) is 6.60. The minimum absolute atomic E-state index is 0.0712. The van der Waals surface area contributed by atoms with Crippen LogP contribution in [0.2, 0.25) is 0 Å². The van der Waals surface area contributed by atoms with E-state index in [1.165, 1.54) is 5.56 Å². The van der Waals surface area contributed by atoms with Crippen molar-refractivity contribution in [3.8, 4) is 0 Å². The van der Waals surface area contributed by atoms with Crippen molar-refractivity contribution in [2.24, 2.45) is 0 Å². The zero-order chi connectivity index (χ0) is 23.5. The summed E-state index contributed by atoms with van der Waals surface area (Å²) in [4.78, 5) is 29.7. The molecule has 34 heavy (non-hydrogen) atoms. The Hall–Kier alpha value is -3.45. The second kappa shape index (κ2) is 9.81. The van der Waals surface area contributed by atoms with Crippen LogP contribution in [0.1, 0.15) is 32.7 Å². The molecule has 1 aromatic heterocycles. The Bertz CT molecular complexity index is 1160. The molecule has 7 heteroatoms. The smallest absolute Gasteiger partial charge is 0.254 e. The van der Waals surface area contributed by atoms with Gasteiger partial charge in [0.2, 0.25) is 5.95 Å². The molecule has 1 amide bonds. The van der Waals surface area contributed by atoms with Crippen LogP contribution in [-0.2, 0) is 24.2 Å². The molecule has 0 saturated carbocycles. The summed E-state index contributed by atoms with van der Waals surface area (Å²) in [5, 5.41) is 0. The van der Waals surface area contributed by atoms with Gasteiger partial charge >= 0.3 is 0 Å². The number of fused-ring (bicyclic) bond motifs is 1. The summed E-state index contributed by atoms with van der Waals surface area (Å²) in [5.74, 6) is 1.73. The van der Waals surface area contributed by atoms with Gasteiger partial charge in [-0.25, -0.2) is 4.98 Å². The number of carbonyl (C=O) groups is 1. The minimum Gasteiger partial charge on any atom is -0.378 e. The maximum Gasteiger partial charge on any atom is 0.254 e. The fraction of sp³-hybridized carbons (Fsp3) is 0.370. The van der Waals surface area contributed by atoms with E-state index >= 15 is 0 Å². The van der Waals surface area contributed by atoms with Crippen LogP contribution in [0.3, 0.4) is 0 Å². The maximum absolute atomic E-state index is 13.3. The average Bonchev–Trinajstić information content (AvgIpc) is 2.88. The van der Waals surface area contributed by atoms with Crippen LogP contribution in [0.5, 0.6) is 0 Å². The number of aromatic nitrogens is 2. The molecule has 0 unspecified atom stereocenters. The second-order valence-electron chi connectivity index (χ2n) is 9.01. The summed E-state index contributed by atoms with van der Waals surface area (Å²) in [6, 6.07) is 18.2. The fourth-order valence-corrected chi connectivity index (χ4v) is 4.68. The Morgan fingerprint density at radius 2 is 1.74 bits per heavy atom. The molecule has 2 aliphatic rings. The number of hydrogen-bond donors (Lipinski definition) is 0. The standard InChI is InChI=1S/C27H31N5O2/c1-20-8-6-7-11-22(20)26(33)32-13-12-24-23(19-32)25(31-14-16-34-17-15-31)29-27(28-24)30(2)18-21-9-4-3-5-10-21/h3-11H,12-19H2,1-2H3. The summed E-state index contributed by atoms with van der Waals surface area (Å²) in [5.41, 5.74) is 5.08. The van der Waals surface area contributed by atoms with Crippen LogP contribution < -0.4 is 9.80 Å². The lowest BCUT2D eigenvalue weighted by molar-refractivity contribution is 0.0732. The largest absolute Gasteiger partial charge is 0.378 e. The van der Waals surface area contributed by atoms with Crippen molar-refractivity contribution >= 4 is 17.7 Å². The average molecular weight is 458 g/mol. The molecule has 3 aromatic rings. The lowest BCUT2D eigenvalue weighted by Crippen LogP contribution is -2.41. The second-order valence-corrected chi connectivity index (χ2v) is 9.01. The number of carbonyl (C=O) groups excluding carboxylic acids is 1. The van der Waals surface area contributed by atoms with Crippen LogP contribution >= 0.6 is 0 Å². The quantitative estimate of drug-likeness (QED) is 0.585. The SMILES string of the molecule is Cc1ccccc1C(=O)N1CCc2nc(N(C)Cc3ccccc3)nc(N3CCOCC3)c2C1. The third-order valence-electron chi connectivity index (χ3n) is 6.60. The normalized spacial score (nSPS) is 15.7. The zero-order valence-electron chi connectivity index (χ0n) is 19.9. The number of hydrogen-bond acceptors (Lipinski definition) is 6. The first kappa shape index (κ1) is 22.3. The third kappa shape index (κ3) is 4.61. The van der Waals surface area contributed by atoms with Crippen LogP contribution in [-0.4, -0.2) is 60.7 Å². The molecule has 0 spiro atoms. The lowest BCUT2D eigenvalue weighted by atomic mass is 10.0. The van der Waals surface area contributed by atoms with Crippen molar-refractivity contribution in [2.45, 2.75) is 26.4 Å². The van der Waals surface area contributed by atoms with Gasteiger partial charge in [-0.15, -0.1) is 0 Å². The highest BCUT2D eigenvalue weighted by molar-refractivity contribution is 5.95. The van der Waals surface area contributed by atoms with E-state index in [2.05, 4.69) is 34.1 Å². The Balaban J connectivity index is 1.46. The van der Waals surface area contributed by atoms with E-state index in [0.29, 0.717) is 26.3 Å². The van der Waals surface area contributed by atoms with Crippen molar-refractivity contribution < 1.29 is 9.53 Å². The summed E-state index contributed by atoms with van der Waals surface area (Å²) < 4.78 is 5.59. The molecule has 2 aromatic carbocycles. The van der Waals surface area contributed by atoms with Gasteiger partial charge in [0.25, 0.3) is 5.91 Å². The van der Waals surface area contributed by atoms with E-state index in [1.807, 2.05) is 49.2 Å². The van der Waals surface area contributed by atoms with E-state index in [1.54, 1.807) is 0 Å². The van der Waals surface area contributed by atoms with Gasteiger partial charge in [0.15, 0.2) is 0 Å². The first-order valence-corrected chi connectivity index (χ1v) is 11.9. The zero-order valence-corrected chi connectivity index (χ0v) is 19.9. The molecular formula is C27H31N5O2. The molecule has 3 heterocycles. The number of ether oxygens (including phenoxy) is 1. The fourth-order valence-electron chi connectivity index (χ4n) is 4.68. The predicted octanol–water partition coefficient (Wildman–Crippen LogP) is 3.46. The van der Waals surface area contributed by atoms with Crippen molar-refractivity contribution in [3.05, 3.63) is 82.5 Å². The number of rotatable bonds is 5. The lowest BCUT2D eigenvalue weighted by Gasteiger charge is -2.35. The predicted molar refractivity (Wildman–Crippen MR) is 133 cm³/mol. The van der Waals surface area contributed by atoms with Crippen molar-refractivity contribution in [2.75, 3.05) is 49.7 Å². The van der Waals surface area contributed by atoms with Gasteiger partial charge < -0.3 is 19.4 Å². The molecular weight excluding hydrogens is 426 g/mol. The van der Waals surface area contributed by atoms with Crippen molar-refractivity contribution in [3.63, 3.8) is 0 Å². The molecule has 1 fully saturated rings. The Kier molecular flexibility index (Phi) is 6.45. The molecule has 0 N–H and O–H groups in total. The first-order chi connectivity index (χ1) is 16.6. The highest BCUT2D eigenvalue weighted by atomic mass is 16.5. The van der Waals surface area contributed by atoms with Gasteiger partial charge in [0.1, 0.15) is 5.82 Å². The highest BCUT2D eigenvalue weighted by Crippen LogP contribution is 2.30. The van der Waals surface area contributed by atoms with Gasteiger partial charge in [-0.1, -0.05) is 48.5 Å². The topological polar surface area (TPSA) is 61.8 Å². The number of amides is 1. The van der Waals surface area contributed by atoms with Gasteiger partial charge in [0.05, 0.1) is 25.5 Å². The molecule has 2 aliphatic heterocycles. The summed E-state index contributed by atoms with van der Waals surface area (Å²) >= 11 is 0. The van der Waals surface area contributed by atoms with Crippen LogP contribution in [0.4, 0.5) is 11.8 Å². The van der Waals surface area contributed by atoms with Crippen LogP contribution in [0, 0.1) is 6.92 Å². The molecule has 0 bridgehead atoms. The van der Waals surface area contributed by atoms with E-state index in [0.717, 1.165) is 60.2 Å². The molecule has 1 saturated heterocycles. The van der Waals surface area contributed by atoms with E-state index in [9.17, 15) is 4.79 Å². The Morgan fingerprint density at radius 3 is 2.50 bits per heavy atom. The number of morpholine rings is 1. The van der Waals surface area contributed by atoms with Crippen molar-refractivity contribution in [1.82, 2.24) is 14.9 Å². The Morgan fingerprint density at radius 1 is 1.00 bits per heavy atom. The maximum atomic E-state index is 13.3. The molecule has 176 valence electrons. The number of benzene rings is 2. The van der Waals surface area contributed by atoms with Crippen LogP contribution in [0.25, 0.3) is 0 Å². The molecule has 0 atom stereocenters. The molecule has 0 radical (unpaired) electrons. The van der Waals surface area contributed by atoms with E-state index in [-0.39, 0.29) is 5.91 Å². The van der Waals surface area contributed by atoms with Crippen LogP contribution in [0.15, 0.2) is 54.6 Å². The van der Waals surface area contributed by atoms with Gasteiger partial charge in [0, 0.05) is 50.8 Å². The van der Waals surface area contributed by atoms with Gasteiger partial charge in [-0.3, -0.25) is 4.79 Å².